The third-order valence-corrected chi connectivity index (χ3v) is 5.70. The molecule has 0 aliphatic rings. The minimum atomic E-state index is -4.68. The van der Waals surface area contributed by atoms with Crippen LogP contribution in [-0.4, -0.2) is 28.6 Å². The van der Waals surface area contributed by atoms with E-state index >= 15 is 0 Å². The average molecular weight is 435 g/mol. The predicted molar refractivity (Wildman–Crippen MR) is 108 cm³/mol. The van der Waals surface area contributed by atoms with Crippen LogP contribution in [-0.2, 0) is 17.5 Å². The summed E-state index contributed by atoms with van der Waals surface area (Å²) in [4.78, 5) is 10.9. The van der Waals surface area contributed by atoms with E-state index in [9.17, 15) is 22.5 Å². The molecule has 0 bridgehead atoms. The van der Waals surface area contributed by atoms with Crippen molar-refractivity contribution < 1.29 is 27.6 Å². The molecule has 0 saturated heterocycles. The molecule has 1 aromatic rings. The monoisotopic (exact) mass is 434 g/mol. The van der Waals surface area contributed by atoms with Crippen molar-refractivity contribution >= 4 is 31.2 Å². The maximum atomic E-state index is 13.3. The van der Waals surface area contributed by atoms with Crippen molar-refractivity contribution in [1.82, 2.24) is 4.72 Å². The van der Waals surface area contributed by atoms with Crippen LogP contribution in [0, 0.1) is 11.5 Å². The molecule has 0 spiro atoms. The lowest BCUT2D eigenvalue weighted by atomic mass is 10.0. The Labute approximate surface area is 167 Å². The summed E-state index contributed by atoms with van der Waals surface area (Å²) in [5.74, 6) is 2.90. The Balaban J connectivity index is 3.52. The fourth-order valence-electron chi connectivity index (χ4n) is 1.93. The molecule has 2 atom stereocenters. The van der Waals surface area contributed by atoms with Gasteiger partial charge in [-0.3, -0.25) is 5.32 Å². The molecule has 0 aliphatic heterocycles. The number of alkyl halides is 3. The summed E-state index contributed by atoms with van der Waals surface area (Å²) < 4.78 is 54.5. The van der Waals surface area contributed by atoms with Gasteiger partial charge in [-0.1, -0.05) is 25.6 Å². The summed E-state index contributed by atoms with van der Waals surface area (Å²) in [5.41, 5.74) is 1.90. The van der Waals surface area contributed by atoms with Gasteiger partial charge in [0.25, 0.3) is 0 Å². The van der Waals surface area contributed by atoms with Crippen LogP contribution in [0.4, 0.5) is 23.7 Å². The third kappa shape index (κ3) is 8.14. The molecular formula is C18H25F3N2O3SSi. The van der Waals surface area contributed by atoms with E-state index in [2.05, 4.69) is 16.2 Å². The molecule has 0 aromatic heterocycles. The number of hydrogen-bond acceptors (Lipinski definition) is 3. The summed E-state index contributed by atoms with van der Waals surface area (Å²) in [6.07, 6.45) is -6.16. The zero-order valence-electron chi connectivity index (χ0n) is 16.6. The van der Waals surface area contributed by atoms with Gasteiger partial charge in [-0.15, -0.1) is 10.3 Å². The molecule has 3 N–H and O–H groups in total. The van der Waals surface area contributed by atoms with Crippen molar-refractivity contribution in [3.63, 3.8) is 0 Å². The Hall–Kier alpha value is -1.67. The van der Waals surface area contributed by atoms with Gasteiger partial charge in [0, 0.05) is 17.0 Å². The largest absolute Gasteiger partial charge is 0.598 e. The maximum Gasteiger partial charge on any atom is 0.416 e. The first-order chi connectivity index (χ1) is 12.5. The number of anilines is 1. The number of halogens is 3. The smallest absolute Gasteiger partial charge is 0.416 e. The van der Waals surface area contributed by atoms with E-state index in [1.807, 2.05) is 25.0 Å². The molecule has 0 radical (unpaired) electrons. The highest BCUT2D eigenvalue weighted by molar-refractivity contribution is 7.90. The van der Waals surface area contributed by atoms with Gasteiger partial charge in [0.05, 0.1) is 5.56 Å². The van der Waals surface area contributed by atoms with E-state index in [0.717, 1.165) is 6.07 Å². The number of hydrogen-bond donors (Lipinski definition) is 3. The standard InChI is InChI=1S/C18H25F3N2O3SSi/c1-17(2,3)27(26)23-15(7-8-28(4,5)6)12-9-13(18(19,20)21)11-14(10-12)22-16(24)25/h9-11,15,22-23H,1-6H3,(H,24,25)/t15-,27+/m1/s1. The summed E-state index contributed by atoms with van der Waals surface area (Å²) in [6, 6.07) is 1.91. The van der Waals surface area contributed by atoms with E-state index < -0.39 is 48.1 Å². The zero-order valence-corrected chi connectivity index (χ0v) is 18.4. The molecule has 156 valence electrons. The van der Waals surface area contributed by atoms with Crippen LogP contribution in [0.3, 0.4) is 0 Å². The van der Waals surface area contributed by atoms with E-state index in [1.54, 1.807) is 20.8 Å². The quantitative estimate of drug-likeness (QED) is 0.362. The van der Waals surface area contributed by atoms with Crippen LogP contribution in [0.25, 0.3) is 0 Å². The second-order valence-corrected chi connectivity index (χ2v) is 15.0. The van der Waals surface area contributed by atoms with Gasteiger partial charge < -0.3 is 9.66 Å². The van der Waals surface area contributed by atoms with Crippen molar-refractivity contribution in [1.29, 1.82) is 0 Å². The normalized spacial score (nSPS) is 14.6. The fourth-order valence-corrected chi connectivity index (χ4v) is 3.27. The Morgan fingerprint density at radius 1 is 1.21 bits per heavy atom. The van der Waals surface area contributed by atoms with Crippen molar-refractivity contribution in [3.8, 4) is 11.5 Å². The Morgan fingerprint density at radius 3 is 2.21 bits per heavy atom. The topological polar surface area (TPSA) is 84.4 Å². The summed E-state index contributed by atoms with van der Waals surface area (Å²) in [7, 11) is -1.87. The highest BCUT2D eigenvalue weighted by Gasteiger charge is 2.34. The molecule has 10 heteroatoms. The lowest BCUT2D eigenvalue weighted by Crippen LogP contribution is -2.41. The molecule has 28 heavy (non-hydrogen) atoms. The Bertz CT molecular complexity index is 777. The molecule has 1 amide bonds. The number of carbonyl (C=O) groups is 1. The van der Waals surface area contributed by atoms with E-state index in [0.29, 0.717) is 6.07 Å². The van der Waals surface area contributed by atoms with Crippen LogP contribution in [0.1, 0.15) is 37.9 Å². The first kappa shape index (κ1) is 24.4. The van der Waals surface area contributed by atoms with Gasteiger partial charge in [-0.05, 0) is 44.5 Å². The minimum absolute atomic E-state index is 0.0851. The fraction of sp³-hybridized carbons (Fsp3) is 0.500. The van der Waals surface area contributed by atoms with Gasteiger partial charge in [0.15, 0.2) is 0 Å². The first-order valence-electron chi connectivity index (χ1n) is 8.42. The Kier molecular flexibility index (Phi) is 7.64. The molecule has 1 aromatic carbocycles. The van der Waals surface area contributed by atoms with Crippen LogP contribution < -0.4 is 10.0 Å². The Morgan fingerprint density at radius 2 is 1.79 bits per heavy atom. The van der Waals surface area contributed by atoms with Gasteiger partial charge in [-0.2, -0.15) is 13.2 Å². The van der Waals surface area contributed by atoms with Gasteiger partial charge in [0.2, 0.25) is 0 Å². The highest BCUT2D eigenvalue weighted by Crippen LogP contribution is 2.34. The average Bonchev–Trinajstić information content (AvgIpc) is 2.47. The van der Waals surface area contributed by atoms with Crippen molar-refractivity contribution in [3.05, 3.63) is 29.3 Å². The highest BCUT2D eigenvalue weighted by atomic mass is 32.2. The summed E-state index contributed by atoms with van der Waals surface area (Å²) in [5, 5.41) is 10.8. The second-order valence-electron chi connectivity index (χ2n) is 8.22. The van der Waals surface area contributed by atoms with Crippen LogP contribution in [0.5, 0.6) is 0 Å². The molecule has 1 rings (SSSR count). The number of carboxylic acid groups (broad SMARTS) is 1. The number of amides is 1. The number of benzene rings is 1. The molecule has 0 fully saturated rings. The maximum absolute atomic E-state index is 13.3. The van der Waals surface area contributed by atoms with Crippen LogP contribution in [0.2, 0.25) is 19.6 Å². The SMILES string of the molecule is CC(C)(C)[S@+]([O-])N[C@H](C#C[Si](C)(C)C)c1cc(NC(=O)O)cc(C(F)(F)F)c1. The zero-order chi connectivity index (χ0) is 21.9. The second kappa shape index (κ2) is 8.78. The van der Waals surface area contributed by atoms with E-state index in [1.165, 1.54) is 6.07 Å². The van der Waals surface area contributed by atoms with Crippen molar-refractivity contribution in [2.45, 2.75) is 57.4 Å². The number of nitrogens with one attached hydrogen (secondary N) is 2. The molecule has 0 saturated carbocycles. The van der Waals surface area contributed by atoms with E-state index in [4.69, 9.17) is 5.11 Å². The predicted octanol–water partition coefficient (Wildman–Crippen LogP) is 4.77. The molecule has 0 heterocycles. The minimum Gasteiger partial charge on any atom is -0.598 e. The van der Waals surface area contributed by atoms with Crippen molar-refractivity contribution in [2.24, 2.45) is 0 Å². The van der Waals surface area contributed by atoms with Gasteiger partial charge in [-0.25, -0.2) is 4.79 Å². The molecular weight excluding hydrogens is 409 g/mol. The van der Waals surface area contributed by atoms with Gasteiger partial charge >= 0.3 is 12.3 Å². The first-order valence-corrected chi connectivity index (χ1v) is 13.1. The summed E-state index contributed by atoms with van der Waals surface area (Å²) in [6.45, 7) is 11.1. The van der Waals surface area contributed by atoms with Crippen LogP contribution >= 0.6 is 0 Å². The summed E-state index contributed by atoms with van der Waals surface area (Å²) >= 11 is -1.60. The lowest BCUT2D eigenvalue weighted by Gasteiger charge is -2.27. The molecule has 0 unspecified atom stereocenters. The van der Waals surface area contributed by atoms with Crippen LogP contribution in [0.15, 0.2) is 18.2 Å². The number of rotatable bonds is 4. The van der Waals surface area contributed by atoms with Crippen molar-refractivity contribution in [2.75, 3.05) is 5.32 Å². The van der Waals surface area contributed by atoms with Gasteiger partial charge in [0.1, 0.15) is 18.9 Å². The molecule has 5 nitrogen and oxygen atoms in total. The molecule has 0 aliphatic carbocycles. The van der Waals surface area contributed by atoms with E-state index in [-0.39, 0.29) is 11.3 Å². The third-order valence-electron chi connectivity index (χ3n) is 3.24. The lowest BCUT2D eigenvalue weighted by molar-refractivity contribution is -0.137.